The van der Waals surface area contributed by atoms with E-state index in [1.165, 1.54) is 36.7 Å². The van der Waals surface area contributed by atoms with Crippen molar-refractivity contribution in [2.24, 2.45) is 17.3 Å². The van der Waals surface area contributed by atoms with Gasteiger partial charge >= 0.3 is 218 Å². The maximum atomic E-state index is 5.37. The SMILES string of the molecule is Cl.Cl.[CH2]=[Zr]([C]1=CC(C(C)(C)C)=CC1C(C)C)([c]1ccccc1)[c]1c(C)ccc2c1Cc1cc(C)ccc1-2. The quantitative estimate of drug-likeness (QED) is 0.217. The summed E-state index contributed by atoms with van der Waals surface area (Å²) in [4.78, 5) is 0. The van der Waals surface area contributed by atoms with E-state index in [2.05, 4.69) is 121 Å². The van der Waals surface area contributed by atoms with E-state index >= 15 is 0 Å². The van der Waals surface area contributed by atoms with Crippen LogP contribution in [0.1, 0.15) is 56.9 Å². The molecule has 0 radical (unpaired) electrons. The van der Waals surface area contributed by atoms with E-state index in [4.69, 9.17) is 4.21 Å². The molecule has 0 fully saturated rings. The molecule has 0 aromatic heterocycles. The zero-order valence-corrected chi connectivity index (χ0v) is 27.4. The van der Waals surface area contributed by atoms with Crippen molar-refractivity contribution in [1.29, 1.82) is 0 Å². The number of rotatable bonds is 4. The van der Waals surface area contributed by atoms with Crippen LogP contribution >= 0.6 is 24.8 Å². The van der Waals surface area contributed by atoms with Gasteiger partial charge in [0, 0.05) is 0 Å². The summed E-state index contributed by atoms with van der Waals surface area (Å²) in [6.45, 7) is 16.4. The minimum atomic E-state index is -3.56. The molecule has 0 saturated carbocycles. The fraction of sp³-hybridized carbons (Fsp3) is 0.324. The molecule has 2 aliphatic carbocycles. The Bertz CT molecular complexity index is 1420. The van der Waals surface area contributed by atoms with Gasteiger partial charge in [-0.15, -0.1) is 24.8 Å². The van der Waals surface area contributed by atoms with Crippen molar-refractivity contribution in [2.75, 3.05) is 0 Å². The molecule has 3 aromatic carbocycles. The third-order valence-electron chi connectivity index (χ3n) is 8.24. The first-order valence-corrected chi connectivity index (χ1v) is 18.5. The Morgan fingerprint density at radius 2 is 1.54 bits per heavy atom. The van der Waals surface area contributed by atoms with Gasteiger partial charge in [-0.2, -0.15) is 0 Å². The van der Waals surface area contributed by atoms with Crippen molar-refractivity contribution < 1.29 is 19.8 Å². The molecule has 0 N–H and O–H groups in total. The van der Waals surface area contributed by atoms with Crippen LogP contribution in [0.4, 0.5) is 0 Å². The molecule has 0 amide bonds. The molecule has 0 aliphatic heterocycles. The van der Waals surface area contributed by atoms with Crippen LogP contribution < -0.4 is 6.54 Å². The predicted octanol–water partition coefficient (Wildman–Crippen LogP) is 8.40. The topological polar surface area (TPSA) is 0 Å². The summed E-state index contributed by atoms with van der Waals surface area (Å²) in [5.41, 5.74) is 10.3. The first kappa shape index (κ1) is 30.0. The van der Waals surface area contributed by atoms with Crippen molar-refractivity contribution in [3.8, 4) is 11.1 Å². The summed E-state index contributed by atoms with van der Waals surface area (Å²) >= 11 is -3.56. The Labute approximate surface area is 241 Å². The van der Waals surface area contributed by atoms with Crippen LogP contribution in [0.15, 0.2) is 81.7 Å². The van der Waals surface area contributed by atoms with Gasteiger partial charge < -0.3 is 0 Å². The maximum absolute atomic E-state index is 5.37. The molecule has 0 spiro atoms. The molecular weight excluding hydrogens is 571 g/mol. The molecule has 0 heterocycles. The van der Waals surface area contributed by atoms with E-state index in [0.717, 1.165) is 6.42 Å². The molecule has 5 rings (SSSR count). The molecule has 195 valence electrons. The monoisotopic (exact) mass is 609 g/mol. The van der Waals surface area contributed by atoms with Crippen LogP contribution in [0.2, 0.25) is 0 Å². The average Bonchev–Trinajstić information content (AvgIpc) is 3.41. The summed E-state index contributed by atoms with van der Waals surface area (Å²) in [5.74, 6) is 1.01. The average molecular weight is 612 g/mol. The molecular formula is C34H41Cl2Zr. The van der Waals surface area contributed by atoms with Gasteiger partial charge in [-0.05, 0) is 0 Å². The molecule has 3 aromatic rings. The van der Waals surface area contributed by atoms with Crippen molar-refractivity contribution >= 4 is 35.6 Å². The second-order valence-electron chi connectivity index (χ2n) is 12.1. The molecule has 2 unspecified atom stereocenters. The van der Waals surface area contributed by atoms with Crippen LogP contribution in [0.3, 0.4) is 0 Å². The Hall–Kier alpha value is -1.53. The van der Waals surface area contributed by atoms with Gasteiger partial charge in [0.2, 0.25) is 0 Å². The van der Waals surface area contributed by atoms with Gasteiger partial charge in [0.05, 0.1) is 0 Å². The van der Waals surface area contributed by atoms with Crippen molar-refractivity contribution in [3.05, 3.63) is 104 Å². The van der Waals surface area contributed by atoms with E-state index in [1.54, 1.807) is 12.1 Å². The van der Waals surface area contributed by atoms with Gasteiger partial charge in [0.15, 0.2) is 0 Å². The van der Waals surface area contributed by atoms with E-state index in [9.17, 15) is 0 Å². The van der Waals surface area contributed by atoms with Crippen LogP contribution in [-0.2, 0) is 26.2 Å². The first-order valence-electron chi connectivity index (χ1n) is 13.1. The standard InChI is InChI=1S/C15H13.C12H19.C6H5.CH2.2ClH.Zr/c1-10-3-5-14-12(7-10)9-13-8-11(2)4-6-15(13)14;1-9(2)10-6-7-11(8-10)12(3,4)5;1-2-4-6-5-3-1;;;;/h3-7H,9H2,1-2H3;7-10H,1-5H3;1-5H;1H2;2*1H;. The van der Waals surface area contributed by atoms with E-state index < -0.39 is 19.8 Å². The normalized spacial score (nSPS) is 17.7. The van der Waals surface area contributed by atoms with Crippen molar-refractivity contribution in [2.45, 2.75) is 54.9 Å². The Balaban J connectivity index is 0.00000190. The minimum absolute atomic E-state index is 0. The molecule has 2 atom stereocenters. The molecule has 0 bridgehead atoms. The van der Waals surface area contributed by atoms with E-state index in [-0.39, 0.29) is 30.2 Å². The zero-order chi connectivity index (χ0) is 25.1. The second kappa shape index (κ2) is 10.9. The molecule has 0 saturated heterocycles. The van der Waals surface area contributed by atoms with E-state index in [1.807, 2.05) is 0 Å². The van der Waals surface area contributed by atoms with Crippen molar-refractivity contribution in [1.82, 2.24) is 0 Å². The Kier molecular flexibility index (Phi) is 8.86. The second-order valence-corrected chi connectivity index (χ2v) is 20.7. The fourth-order valence-electron chi connectivity index (χ4n) is 6.32. The molecule has 3 heteroatoms. The van der Waals surface area contributed by atoms with Crippen LogP contribution in [0.5, 0.6) is 0 Å². The molecule has 2 aliphatic rings. The number of hydrogen-bond acceptors (Lipinski definition) is 0. The summed E-state index contributed by atoms with van der Waals surface area (Å²) in [5, 5.41) is 0. The summed E-state index contributed by atoms with van der Waals surface area (Å²) in [6, 6.07) is 23.1. The summed E-state index contributed by atoms with van der Waals surface area (Å²) in [6.07, 6.45) is 6.20. The predicted molar refractivity (Wildman–Crippen MR) is 165 cm³/mol. The number of allylic oxidation sites excluding steroid dienone is 4. The number of fused-ring (bicyclic) bond motifs is 3. The third-order valence-corrected chi connectivity index (χ3v) is 18.9. The van der Waals surface area contributed by atoms with Crippen molar-refractivity contribution in [3.63, 3.8) is 0 Å². The van der Waals surface area contributed by atoms with E-state index in [0.29, 0.717) is 11.8 Å². The van der Waals surface area contributed by atoms with Gasteiger partial charge in [-0.1, -0.05) is 0 Å². The number of halogens is 2. The fourth-order valence-corrected chi connectivity index (χ4v) is 17.5. The number of hydrogen-bond donors (Lipinski definition) is 0. The zero-order valence-electron chi connectivity index (χ0n) is 23.3. The first-order chi connectivity index (χ1) is 16.5. The van der Waals surface area contributed by atoms with Gasteiger partial charge in [0.25, 0.3) is 0 Å². The molecule has 0 nitrogen and oxygen atoms in total. The van der Waals surface area contributed by atoms with Crippen LogP contribution in [0, 0.1) is 31.1 Å². The summed E-state index contributed by atoms with van der Waals surface area (Å²) in [7, 11) is 0. The Morgan fingerprint density at radius 3 is 2.16 bits per heavy atom. The Morgan fingerprint density at radius 1 is 0.892 bits per heavy atom. The van der Waals surface area contributed by atoms with Gasteiger partial charge in [-0.25, -0.2) is 0 Å². The van der Waals surface area contributed by atoms with Gasteiger partial charge in [-0.3, -0.25) is 0 Å². The van der Waals surface area contributed by atoms with Gasteiger partial charge in [0.1, 0.15) is 0 Å². The third kappa shape index (κ3) is 5.09. The number of benzene rings is 3. The van der Waals surface area contributed by atoms with Crippen LogP contribution in [-0.4, -0.2) is 4.21 Å². The van der Waals surface area contributed by atoms with Crippen LogP contribution in [0.25, 0.3) is 11.1 Å². The number of aryl methyl sites for hydroxylation is 2. The summed E-state index contributed by atoms with van der Waals surface area (Å²) < 4.78 is 10.1. The molecule has 37 heavy (non-hydrogen) atoms.